The second kappa shape index (κ2) is 8.69. The molecule has 2 heterocycles. The van der Waals surface area contributed by atoms with E-state index in [1.54, 1.807) is 7.11 Å². The van der Waals surface area contributed by atoms with Crippen LogP contribution in [0.4, 0.5) is 0 Å². The zero-order valence-electron chi connectivity index (χ0n) is 14.5. The first-order valence-corrected chi connectivity index (χ1v) is 8.63. The number of hydrogen-bond donors (Lipinski definition) is 1. The van der Waals surface area contributed by atoms with Gasteiger partial charge >= 0.3 is 0 Å². The molecule has 25 heavy (non-hydrogen) atoms. The van der Waals surface area contributed by atoms with E-state index in [9.17, 15) is 4.79 Å². The van der Waals surface area contributed by atoms with Gasteiger partial charge in [-0.3, -0.25) is 9.69 Å². The van der Waals surface area contributed by atoms with Crippen LogP contribution in [-0.2, 0) is 16.1 Å². The Morgan fingerprint density at radius 1 is 1.24 bits per heavy atom. The average molecular weight is 340 g/mol. The highest BCUT2D eigenvalue weighted by molar-refractivity contribution is 5.82. The summed E-state index contributed by atoms with van der Waals surface area (Å²) in [5.74, 6) is 0.104. The molecular weight excluding hydrogens is 316 g/mol. The van der Waals surface area contributed by atoms with Gasteiger partial charge in [0.1, 0.15) is 6.33 Å². The average Bonchev–Trinajstić information content (AvgIpc) is 3.11. The smallest absolute Gasteiger partial charge is 0.237 e. The first-order chi connectivity index (χ1) is 12.3. The van der Waals surface area contributed by atoms with Crippen molar-refractivity contribution in [1.82, 2.24) is 20.2 Å². The van der Waals surface area contributed by atoms with E-state index in [-0.39, 0.29) is 11.9 Å². The molecule has 6 nitrogen and oxygen atoms in total. The van der Waals surface area contributed by atoms with Crippen molar-refractivity contribution in [2.45, 2.75) is 25.4 Å². The summed E-state index contributed by atoms with van der Waals surface area (Å²) in [5, 5.41) is 2.95. The van der Waals surface area contributed by atoms with Crippen molar-refractivity contribution in [1.29, 1.82) is 0 Å². The minimum absolute atomic E-state index is 0.0425. The summed E-state index contributed by atoms with van der Waals surface area (Å²) < 4.78 is 4.99. The summed E-state index contributed by atoms with van der Waals surface area (Å²) in [6.45, 7) is 2.85. The maximum Gasteiger partial charge on any atom is 0.237 e. The Kier molecular flexibility index (Phi) is 6.09. The molecule has 1 saturated heterocycles. The lowest BCUT2D eigenvalue weighted by atomic mass is 10.1. The quantitative estimate of drug-likeness (QED) is 0.780. The molecule has 0 spiro atoms. The largest absolute Gasteiger partial charge is 0.383 e. The van der Waals surface area contributed by atoms with Gasteiger partial charge in [0.15, 0.2) is 0 Å². The van der Waals surface area contributed by atoms with Crippen molar-refractivity contribution >= 4 is 5.91 Å². The van der Waals surface area contributed by atoms with Gasteiger partial charge in [-0.1, -0.05) is 24.3 Å². The highest BCUT2D eigenvalue weighted by atomic mass is 16.5. The number of hydrogen-bond acceptors (Lipinski definition) is 5. The lowest BCUT2D eigenvalue weighted by Gasteiger charge is -2.23. The van der Waals surface area contributed by atoms with Crippen molar-refractivity contribution in [2.24, 2.45) is 0 Å². The van der Waals surface area contributed by atoms with Crippen molar-refractivity contribution in [3.63, 3.8) is 0 Å². The first kappa shape index (κ1) is 17.5. The molecule has 0 saturated carbocycles. The minimum Gasteiger partial charge on any atom is -0.383 e. The van der Waals surface area contributed by atoms with Crippen LogP contribution in [0.2, 0.25) is 0 Å². The Hall–Kier alpha value is -2.31. The summed E-state index contributed by atoms with van der Waals surface area (Å²) in [4.78, 5) is 22.7. The van der Waals surface area contributed by atoms with Crippen LogP contribution in [-0.4, -0.2) is 53.6 Å². The fraction of sp³-hybridized carbons (Fsp3) is 0.421. The van der Waals surface area contributed by atoms with Gasteiger partial charge in [0, 0.05) is 38.2 Å². The van der Waals surface area contributed by atoms with Gasteiger partial charge < -0.3 is 10.1 Å². The van der Waals surface area contributed by atoms with Gasteiger partial charge in [-0.15, -0.1) is 0 Å². The van der Waals surface area contributed by atoms with Crippen LogP contribution in [0, 0.1) is 0 Å². The van der Waals surface area contributed by atoms with Crippen LogP contribution < -0.4 is 5.32 Å². The van der Waals surface area contributed by atoms with Crippen LogP contribution in [0.3, 0.4) is 0 Å². The fourth-order valence-electron chi connectivity index (χ4n) is 3.19. The number of nitrogens with one attached hydrogen (secondary N) is 1. The topological polar surface area (TPSA) is 67.3 Å². The number of amides is 1. The number of nitrogens with zero attached hydrogens (tertiary/aromatic N) is 3. The second-order valence-electron chi connectivity index (χ2n) is 6.24. The molecule has 1 aliphatic heterocycles. The van der Waals surface area contributed by atoms with Crippen LogP contribution in [0.15, 0.2) is 43.0 Å². The summed E-state index contributed by atoms with van der Waals surface area (Å²) in [6.07, 6.45) is 7.12. The third-order valence-corrected chi connectivity index (χ3v) is 4.51. The van der Waals surface area contributed by atoms with Crippen molar-refractivity contribution in [3.8, 4) is 11.1 Å². The van der Waals surface area contributed by atoms with Gasteiger partial charge in [-0.25, -0.2) is 9.97 Å². The molecule has 2 aromatic rings. The zero-order valence-corrected chi connectivity index (χ0v) is 14.5. The molecule has 0 radical (unpaired) electrons. The zero-order chi connectivity index (χ0) is 17.5. The number of benzene rings is 1. The minimum atomic E-state index is -0.0425. The molecule has 1 fully saturated rings. The first-order valence-electron chi connectivity index (χ1n) is 8.63. The van der Waals surface area contributed by atoms with Gasteiger partial charge in [-0.2, -0.15) is 0 Å². The molecule has 6 heteroatoms. The van der Waals surface area contributed by atoms with Gasteiger partial charge in [0.2, 0.25) is 5.91 Å². The Morgan fingerprint density at radius 2 is 2.00 bits per heavy atom. The molecule has 1 N–H and O–H groups in total. The summed E-state index contributed by atoms with van der Waals surface area (Å²) in [7, 11) is 1.64. The second-order valence-corrected chi connectivity index (χ2v) is 6.24. The number of ether oxygens (including phenoxy) is 1. The molecular formula is C19H24N4O2. The van der Waals surface area contributed by atoms with Crippen LogP contribution >= 0.6 is 0 Å². The standard InChI is InChI=1S/C19H24N4O2/c1-25-10-8-22-19(24)18-3-2-9-23(18)13-15-4-6-16(7-5-15)17-11-20-14-21-12-17/h4-7,11-12,14,18H,2-3,8-10,13H2,1H3,(H,22,24). The van der Waals surface area contributed by atoms with Crippen molar-refractivity contribution < 1.29 is 9.53 Å². The van der Waals surface area contributed by atoms with Gasteiger partial charge in [-0.05, 0) is 30.5 Å². The predicted octanol–water partition coefficient (Wildman–Crippen LogP) is 1.87. The SMILES string of the molecule is COCCNC(=O)C1CCCN1Cc1ccc(-c2cncnc2)cc1. The van der Waals surface area contributed by atoms with E-state index in [1.165, 1.54) is 11.9 Å². The Balaban J connectivity index is 1.60. The molecule has 1 aromatic heterocycles. The van der Waals surface area contributed by atoms with Crippen LogP contribution in [0.5, 0.6) is 0 Å². The van der Waals surface area contributed by atoms with E-state index in [0.29, 0.717) is 13.2 Å². The van der Waals surface area contributed by atoms with Gasteiger partial charge in [0.05, 0.1) is 12.6 Å². The summed E-state index contributed by atoms with van der Waals surface area (Å²) in [6, 6.07) is 8.34. The highest BCUT2D eigenvalue weighted by Gasteiger charge is 2.30. The number of methoxy groups -OCH3 is 1. The maximum absolute atomic E-state index is 12.3. The number of carbonyl (C=O) groups excluding carboxylic acids is 1. The van der Waals surface area contributed by atoms with Crippen LogP contribution in [0.1, 0.15) is 18.4 Å². The molecule has 0 bridgehead atoms. The van der Waals surface area contributed by atoms with E-state index < -0.39 is 0 Å². The highest BCUT2D eigenvalue weighted by Crippen LogP contribution is 2.22. The Labute approximate surface area is 148 Å². The monoisotopic (exact) mass is 340 g/mol. The molecule has 1 aromatic carbocycles. The summed E-state index contributed by atoms with van der Waals surface area (Å²) in [5.41, 5.74) is 3.31. The lowest BCUT2D eigenvalue weighted by Crippen LogP contribution is -2.43. The number of aromatic nitrogens is 2. The molecule has 132 valence electrons. The summed E-state index contributed by atoms with van der Waals surface area (Å²) >= 11 is 0. The van der Waals surface area contributed by atoms with Gasteiger partial charge in [0.25, 0.3) is 0 Å². The normalized spacial score (nSPS) is 17.6. The van der Waals surface area contributed by atoms with E-state index in [1.807, 2.05) is 12.4 Å². The number of carbonyl (C=O) groups is 1. The Morgan fingerprint density at radius 3 is 2.72 bits per heavy atom. The van der Waals surface area contributed by atoms with Crippen molar-refractivity contribution in [2.75, 3.05) is 26.8 Å². The fourth-order valence-corrected chi connectivity index (χ4v) is 3.19. The molecule has 1 aliphatic rings. The van der Waals surface area contributed by atoms with E-state index in [4.69, 9.17) is 4.74 Å². The Bertz CT molecular complexity index is 676. The van der Waals surface area contributed by atoms with E-state index in [2.05, 4.69) is 44.5 Å². The van der Waals surface area contributed by atoms with Crippen LogP contribution in [0.25, 0.3) is 11.1 Å². The van der Waals surface area contributed by atoms with Crippen molar-refractivity contribution in [3.05, 3.63) is 48.5 Å². The van der Waals surface area contributed by atoms with E-state index >= 15 is 0 Å². The maximum atomic E-state index is 12.3. The predicted molar refractivity (Wildman–Crippen MR) is 95.8 cm³/mol. The third-order valence-electron chi connectivity index (χ3n) is 4.51. The molecule has 0 aliphatic carbocycles. The lowest BCUT2D eigenvalue weighted by molar-refractivity contribution is -0.125. The molecule has 1 amide bonds. The molecule has 1 atom stereocenters. The van der Waals surface area contributed by atoms with E-state index in [0.717, 1.165) is 37.1 Å². The molecule has 3 rings (SSSR count). The number of rotatable bonds is 7. The third kappa shape index (κ3) is 4.61. The molecule has 1 unspecified atom stereocenters. The number of likely N-dealkylation sites (tertiary alicyclic amines) is 1.